The van der Waals surface area contributed by atoms with Crippen molar-refractivity contribution >= 4 is 35.1 Å². The zero-order chi connectivity index (χ0) is 21.0. The van der Waals surface area contributed by atoms with Gasteiger partial charge in [-0.1, -0.05) is 11.8 Å². The summed E-state index contributed by atoms with van der Waals surface area (Å²) in [5.74, 6) is -0.870. The van der Waals surface area contributed by atoms with Crippen LogP contribution < -0.4 is 5.32 Å². The van der Waals surface area contributed by atoms with Crippen molar-refractivity contribution < 1.29 is 18.7 Å². The maximum Gasteiger partial charge on any atom is 0.306 e. The molecule has 3 rings (SSSR count). The van der Waals surface area contributed by atoms with Gasteiger partial charge in [0.25, 0.3) is 11.7 Å². The largest absolute Gasteiger partial charge is 0.456 e. The van der Waals surface area contributed by atoms with Gasteiger partial charge in [0.05, 0.1) is 0 Å². The first-order valence-corrected chi connectivity index (χ1v) is 10.1. The molecule has 0 bridgehead atoms. The van der Waals surface area contributed by atoms with E-state index in [1.807, 2.05) is 20.1 Å². The number of aromatic nitrogens is 4. The minimum atomic E-state index is -0.499. The first kappa shape index (κ1) is 20.7. The number of carbonyl (C=O) groups excluding carboxylic acids is 2. The van der Waals surface area contributed by atoms with Gasteiger partial charge in [0, 0.05) is 23.5 Å². The van der Waals surface area contributed by atoms with Crippen LogP contribution in [0.3, 0.4) is 0 Å². The van der Waals surface area contributed by atoms with E-state index < -0.39 is 24.3 Å². The van der Waals surface area contributed by atoms with Crippen LogP contribution in [0.5, 0.6) is 0 Å². The number of carbonyl (C=O) groups is 2. The first-order valence-electron chi connectivity index (χ1n) is 8.85. The molecule has 1 N–H and O–H groups in total. The van der Waals surface area contributed by atoms with E-state index in [2.05, 4.69) is 20.4 Å². The molecule has 0 radical (unpaired) electrons. The average Bonchev–Trinajstić information content (AvgIpc) is 3.11. The normalized spacial score (nSPS) is 10.9. The molecular formula is C19H20FN5O3S. The van der Waals surface area contributed by atoms with Gasteiger partial charge in [-0.15, -0.1) is 5.10 Å². The topological polar surface area (TPSA) is 98.5 Å². The smallest absolute Gasteiger partial charge is 0.306 e. The van der Waals surface area contributed by atoms with Crippen molar-refractivity contribution in [2.75, 3.05) is 18.2 Å². The van der Waals surface area contributed by atoms with Gasteiger partial charge in [0.15, 0.2) is 6.61 Å². The molecule has 0 saturated carbocycles. The molecule has 0 aliphatic carbocycles. The number of thioether (sulfide) groups is 1. The summed E-state index contributed by atoms with van der Waals surface area (Å²) >= 11 is 1.43. The monoisotopic (exact) mass is 417 g/mol. The lowest BCUT2D eigenvalue weighted by molar-refractivity contribution is -0.147. The van der Waals surface area contributed by atoms with E-state index in [1.165, 1.54) is 36.0 Å². The summed E-state index contributed by atoms with van der Waals surface area (Å²) in [5, 5.41) is 7.54. The van der Waals surface area contributed by atoms with Crippen LogP contribution in [0.2, 0.25) is 0 Å². The van der Waals surface area contributed by atoms with Crippen LogP contribution in [-0.4, -0.2) is 44.3 Å². The van der Waals surface area contributed by atoms with Crippen molar-refractivity contribution in [2.24, 2.45) is 0 Å². The van der Waals surface area contributed by atoms with E-state index in [0.29, 0.717) is 23.0 Å². The second-order valence-corrected chi connectivity index (χ2v) is 7.06. The summed E-state index contributed by atoms with van der Waals surface area (Å²) in [6.45, 7) is 3.35. The molecule has 0 aliphatic heterocycles. The number of aryl methyl sites for hydroxylation is 2. The van der Waals surface area contributed by atoms with Crippen LogP contribution in [-0.2, 0) is 20.7 Å². The maximum atomic E-state index is 12.9. The number of halogens is 1. The fourth-order valence-corrected chi connectivity index (χ4v) is 3.15. The van der Waals surface area contributed by atoms with Gasteiger partial charge in [0.2, 0.25) is 5.16 Å². The minimum absolute atomic E-state index is 0.1000. The highest BCUT2D eigenvalue weighted by molar-refractivity contribution is 7.98. The number of hydrogen-bond acceptors (Lipinski definition) is 7. The Bertz CT molecular complexity index is 1050. The maximum absolute atomic E-state index is 12.9. The second kappa shape index (κ2) is 8.99. The zero-order valence-corrected chi connectivity index (χ0v) is 17.0. The van der Waals surface area contributed by atoms with Crippen LogP contribution in [0.15, 0.2) is 29.4 Å². The molecule has 3 aromatic rings. The number of fused-ring (bicyclic) bond motifs is 1. The fraction of sp³-hybridized carbons (Fsp3) is 0.316. The van der Waals surface area contributed by atoms with Crippen LogP contribution in [0.4, 0.5) is 10.1 Å². The van der Waals surface area contributed by atoms with Crippen molar-refractivity contribution in [1.29, 1.82) is 0 Å². The Balaban J connectivity index is 1.55. The quantitative estimate of drug-likeness (QED) is 0.466. The molecule has 0 fully saturated rings. The third-order valence-electron chi connectivity index (χ3n) is 4.28. The van der Waals surface area contributed by atoms with E-state index in [-0.39, 0.29) is 6.42 Å². The average molecular weight is 417 g/mol. The summed E-state index contributed by atoms with van der Waals surface area (Å²) in [7, 11) is 0. The molecule has 2 aromatic heterocycles. The highest BCUT2D eigenvalue weighted by Crippen LogP contribution is 2.18. The van der Waals surface area contributed by atoms with Gasteiger partial charge >= 0.3 is 5.97 Å². The van der Waals surface area contributed by atoms with Crippen LogP contribution >= 0.6 is 11.8 Å². The van der Waals surface area contributed by atoms with Crippen LogP contribution in [0, 0.1) is 19.7 Å². The number of ether oxygens (including phenoxy) is 1. The van der Waals surface area contributed by atoms with E-state index in [0.717, 1.165) is 17.0 Å². The molecule has 1 aromatic carbocycles. The molecule has 0 unspecified atom stereocenters. The highest BCUT2D eigenvalue weighted by Gasteiger charge is 2.15. The summed E-state index contributed by atoms with van der Waals surface area (Å²) in [6.07, 6.45) is 2.40. The molecule has 0 aliphatic rings. The van der Waals surface area contributed by atoms with Crippen molar-refractivity contribution in [3.63, 3.8) is 0 Å². The van der Waals surface area contributed by atoms with Crippen LogP contribution in [0.25, 0.3) is 5.78 Å². The van der Waals surface area contributed by atoms with Gasteiger partial charge in [-0.2, -0.15) is 4.98 Å². The van der Waals surface area contributed by atoms with Gasteiger partial charge in [0.1, 0.15) is 5.82 Å². The number of amides is 1. The SMILES string of the molecule is CSc1nc2nc(C)c(CCC(=O)OCC(=O)Nc3ccc(F)cc3)c(C)n2n1. The number of hydrogen-bond donors (Lipinski definition) is 1. The zero-order valence-electron chi connectivity index (χ0n) is 16.2. The number of benzene rings is 1. The summed E-state index contributed by atoms with van der Waals surface area (Å²) in [4.78, 5) is 32.7. The van der Waals surface area contributed by atoms with E-state index >= 15 is 0 Å². The summed E-state index contributed by atoms with van der Waals surface area (Å²) in [5.41, 5.74) is 2.96. The number of rotatable bonds is 7. The minimum Gasteiger partial charge on any atom is -0.456 e. The molecule has 29 heavy (non-hydrogen) atoms. The lowest BCUT2D eigenvalue weighted by atomic mass is 10.1. The Morgan fingerprint density at radius 2 is 1.93 bits per heavy atom. The predicted octanol–water partition coefficient (Wildman–Crippen LogP) is 2.72. The van der Waals surface area contributed by atoms with Crippen molar-refractivity contribution in [3.05, 3.63) is 47.0 Å². The van der Waals surface area contributed by atoms with Gasteiger partial charge < -0.3 is 10.1 Å². The Morgan fingerprint density at radius 1 is 1.21 bits per heavy atom. The predicted molar refractivity (Wildman–Crippen MR) is 106 cm³/mol. The Morgan fingerprint density at radius 3 is 2.62 bits per heavy atom. The molecule has 0 atom stereocenters. The van der Waals surface area contributed by atoms with Crippen molar-refractivity contribution in [1.82, 2.24) is 19.6 Å². The Labute approximate surface area is 170 Å². The van der Waals surface area contributed by atoms with E-state index in [9.17, 15) is 14.0 Å². The Kier molecular flexibility index (Phi) is 6.42. The summed E-state index contributed by atoms with van der Waals surface area (Å²) < 4.78 is 19.6. The lowest BCUT2D eigenvalue weighted by Crippen LogP contribution is -2.21. The van der Waals surface area contributed by atoms with E-state index in [1.54, 1.807) is 4.52 Å². The van der Waals surface area contributed by atoms with Gasteiger partial charge in [-0.3, -0.25) is 9.59 Å². The molecule has 10 heteroatoms. The molecule has 8 nitrogen and oxygen atoms in total. The number of nitrogens with one attached hydrogen (secondary N) is 1. The van der Waals surface area contributed by atoms with Gasteiger partial charge in [-0.05, 0) is 56.4 Å². The fourth-order valence-electron chi connectivity index (χ4n) is 2.81. The Hall–Kier alpha value is -3.01. The van der Waals surface area contributed by atoms with Gasteiger partial charge in [-0.25, -0.2) is 13.9 Å². The molecule has 0 spiro atoms. The first-order chi connectivity index (χ1) is 13.9. The number of anilines is 1. The van der Waals surface area contributed by atoms with Crippen molar-refractivity contribution in [3.8, 4) is 0 Å². The molecule has 2 heterocycles. The second-order valence-electron chi connectivity index (χ2n) is 6.29. The molecular weight excluding hydrogens is 397 g/mol. The standard InChI is InChI=1S/C19H20FN5O3S/c1-11-15(12(2)25-18(21-11)23-19(24-25)29-3)8-9-17(27)28-10-16(26)22-14-6-4-13(20)5-7-14/h4-7H,8-10H2,1-3H3,(H,22,26). The van der Waals surface area contributed by atoms with Crippen LogP contribution in [0.1, 0.15) is 23.4 Å². The third kappa shape index (κ3) is 5.08. The van der Waals surface area contributed by atoms with E-state index in [4.69, 9.17) is 4.74 Å². The molecule has 0 saturated heterocycles. The number of esters is 1. The van der Waals surface area contributed by atoms with Crippen molar-refractivity contribution in [2.45, 2.75) is 31.8 Å². The molecule has 1 amide bonds. The molecule has 152 valence electrons. The lowest BCUT2D eigenvalue weighted by Gasteiger charge is -2.10. The number of nitrogens with zero attached hydrogens (tertiary/aromatic N) is 4. The third-order valence-corrected chi connectivity index (χ3v) is 4.82. The highest BCUT2D eigenvalue weighted by atomic mass is 32.2. The summed E-state index contributed by atoms with van der Waals surface area (Å²) in [6, 6.07) is 5.32.